The zero-order valence-electron chi connectivity index (χ0n) is 14.2. The van der Waals surface area contributed by atoms with Gasteiger partial charge in [0.05, 0.1) is 6.61 Å². The van der Waals surface area contributed by atoms with Crippen LogP contribution in [0.4, 0.5) is 0 Å². The summed E-state index contributed by atoms with van der Waals surface area (Å²) in [6.07, 6.45) is 8.15. The number of hydrogen-bond donors (Lipinski definition) is 1. The van der Waals surface area contributed by atoms with Gasteiger partial charge < -0.3 is 4.74 Å². The Kier molecular flexibility index (Phi) is 10.1. The van der Waals surface area contributed by atoms with E-state index >= 15 is 0 Å². The molecule has 0 fully saturated rings. The Hall–Kier alpha value is -0.590. The molecule has 0 radical (unpaired) electrons. The molecule has 0 spiro atoms. The van der Waals surface area contributed by atoms with E-state index in [1.807, 2.05) is 18.2 Å². The van der Waals surface area contributed by atoms with Crippen molar-refractivity contribution in [1.82, 2.24) is 0 Å². The molecule has 0 amide bonds. The molecule has 25 heavy (non-hydrogen) atoms. The number of rotatable bonds is 10. The summed E-state index contributed by atoms with van der Waals surface area (Å²) in [5.41, 5.74) is 0. The fourth-order valence-corrected chi connectivity index (χ4v) is 3.69. The minimum atomic E-state index is -4.34. The second-order valence-corrected chi connectivity index (χ2v) is 7.42. The second-order valence-electron chi connectivity index (χ2n) is 6.06. The van der Waals surface area contributed by atoms with Crippen LogP contribution < -0.4 is 4.74 Å². The summed E-state index contributed by atoms with van der Waals surface area (Å²) < 4.78 is 38.8. The Morgan fingerprint density at radius 3 is 2.24 bits per heavy atom. The van der Waals surface area contributed by atoms with E-state index in [-0.39, 0.29) is 40.2 Å². The van der Waals surface area contributed by atoms with Crippen LogP contribution in [0.15, 0.2) is 41.3 Å². The van der Waals surface area contributed by atoms with Crippen LogP contribution in [0, 0.1) is 0 Å². The van der Waals surface area contributed by atoms with Gasteiger partial charge in [-0.05, 0) is 17.9 Å². The van der Waals surface area contributed by atoms with Gasteiger partial charge in [0.25, 0.3) is 10.1 Å². The predicted molar refractivity (Wildman–Crippen MR) is 104 cm³/mol. The van der Waals surface area contributed by atoms with Gasteiger partial charge in [-0.15, -0.1) is 0 Å². The zero-order valence-corrected chi connectivity index (χ0v) is 15.0. The number of ether oxygens (including phenoxy) is 1. The Labute approximate surface area is 173 Å². The first kappa shape index (κ1) is 22.5. The van der Waals surface area contributed by atoms with Crippen LogP contribution in [0.2, 0.25) is 0 Å². The molecule has 0 atom stereocenters. The number of hydrogen-bond acceptors (Lipinski definition) is 3. The van der Waals surface area contributed by atoms with Crippen LogP contribution in [-0.4, -0.2) is 49.1 Å². The summed E-state index contributed by atoms with van der Waals surface area (Å²) >= 11 is 0. The molecule has 0 saturated heterocycles. The number of benzene rings is 2. The Bertz CT molecular complexity index is 759. The molecule has 0 aliphatic heterocycles. The van der Waals surface area contributed by atoms with E-state index in [0.29, 0.717) is 12.0 Å². The molecule has 0 heterocycles. The van der Waals surface area contributed by atoms with E-state index < -0.39 is 10.1 Å². The summed E-state index contributed by atoms with van der Waals surface area (Å²) in [5, 5.41) is 1.24. The summed E-state index contributed by atoms with van der Waals surface area (Å²) in [4.78, 5) is -0.136. The topological polar surface area (TPSA) is 63.6 Å². The van der Waals surface area contributed by atoms with Crippen molar-refractivity contribution >= 4 is 50.4 Å². The molecule has 0 aromatic heterocycles. The third-order valence-electron chi connectivity index (χ3n) is 4.11. The SMILES string of the molecule is CCCCCCCCCOc1ccc2ccccc2c1S(=O)(=O)O.[NaH]. The third-order valence-corrected chi connectivity index (χ3v) is 5.04. The molecule has 0 bridgehead atoms. The molecule has 0 saturated carbocycles. The Morgan fingerprint density at radius 2 is 1.56 bits per heavy atom. The van der Waals surface area contributed by atoms with Crippen molar-refractivity contribution in [3.8, 4) is 5.75 Å². The van der Waals surface area contributed by atoms with E-state index in [9.17, 15) is 13.0 Å². The van der Waals surface area contributed by atoms with Crippen molar-refractivity contribution in [2.75, 3.05) is 6.61 Å². The maximum absolute atomic E-state index is 11.8. The first-order valence-electron chi connectivity index (χ1n) is 8.66. The average molecular weight is 374 g/mol. The van der Waals surface area contributed by atoms with Gasteiger partial charge in [-0.1, -0.05) is 75.8 Å². The van der Waals surface area contributed by atoms with Crippen molar-refractivity contribution in [2.24, 2.45) is 0 Å². The Balaban J connectivity index is 0.00000312. The quantitative estimate of drug-likeness (QED) is 0.376. The normalized spacial score (nSPS) is 11.3. The molecule has 0 aliphatic carbocycles. The van der Waals surface area contributed by atoms with E-state index in [1.165, 1.54) is 32.1 Å². The number of fused-ring (bicyclic) bond motifs is 1. The molecule has 0 aliphatic rings. The first-order valence-corrected chi connectivity index (χ1v) is 10.1. The maximum atomic E-state index is 11.8. The van der Waals surface area contributed by atoms with Crippen molar-refractivity contribution < 1.29 is 17.7 Å². The van der Waals surface area contributed by atoms with Crippen molar-refractivity contribution in [3.63, 3.8) is 0 Å². The van der Waals surface area contributed by atoms with Gasteiger partial charge in [0.15, 0.2) is 0 Å². The molecule has 4 nitrogen and oxygen atoms in total. The molecule has 2 rings (SSSR count). The second kappa shape index (κ2) is 11.2. The standard InChI is InChI=1S/C19H26O4S.Na.H/c1-2-3-4-5-6-7-10-15-23-18-14-13-16-11-8-9-12-17(16)19(18)24(20,21)22;;/h8-9,11-14H,2-7,10,15H2,1H3,(H,20,21,22);;. The predicted octanol–water partition coefficient (Wildman–Crippen LogP) is 4.57. The van der Waals surface area contributed by atoms with Crippen LogP contribution >= 0.6 is 0 Å². The molecule has 0 unspecified atom stereocenters. The molecular formula is C19H27NaO4S. The van der Waals surface area contributed by atoms with Gasteiger partial charge in [-0.3, -0.25) is 4.55 Å². The molecular weight excluding hydrogens is 347 g/mol. The molecule has 6 heteroatoms. The summed E-state index contributed by atoms with van der Waals surface area (Å²) in [5.74, 6) is 0.224. The average Bonchev–Trinajstić information content (AvgIpc) is 2.55. The molecule has 2 aromatic rings. The van der Waals surface area contributed by atoms with E-state index in [1.54, 1.807) is 18.2 Å². The van der Waals surface area contributed by atoms with E-state index in [0.717, 1.165) is 18.2 Å². The Morgan fingerprint density at radius 1 is 0.920 bits per heavy atom. The van der Waals surface area contributed by atoms with Crippen LogP contribution in [0.5, 0.6) is 5.75 Å². The van der Waals surface area contributed by atoms with Crippen molar-refractivity contribution in [2.45, 2.75) is 56.8 Å². The zero-order chi connectivity index (χ0) is 17.4. The van der Waals surface area contributed by atoms with E-state index in [2.05, 4.69) is 6.92 Å². The van der Waals surface area contributed by atoms with Gasteiger partial charge in [0.2, 0.25) is 0 Å². The fourth-order valence-electron chi connectivity index (χ4n) is 2.84. The van der Waals surface area contributed by atoms with E-state index in [4.69, 9.17) is 4.74 Å². The number of unbranched alkanes of at least 4 members (excludes halogenated alkanes) is 6. The summed E-state index contributed by atoms with van der Waals surface area (Å²) in [6, 6.07) is 10.5. The minimum absolute atomic E-state index is 0. The van der Waals surface area contributed by atoms with Crippen molar-refractivity contribution in [3.05, 3.63) is 36.4 Å². The van der Waals surface area contributed by atoms with Gasteiger partial charge in [0, 0.05) is 5.39 Å². The van der Waals surface area contributed by atoms with Gasteiger partial charge in [-0.2, -0.15) is 8.42 Å². The molecule has 2 aromatic carbocycles. The van der Waals surface area contributed by atoms with Gasteiger partial charge >= 0.3 is 29.6 Å². The van der Waals surface area contributed by atoms with Crippen molar-refractivity contribution in [1.29, 1.82) is 0 Å². The molecule has 1 N–H and O–H groups in total. The summed E-state index contributed by atoms with van der Waals surface area (Å²) in [7, 11) is -4.34. The van der Waals surface area contributed by atoms with Crippen LogP contribution in [0.1, 0.15) is 51.9 Å². The van der Waals surface area contributed by atoms with Crippen LogP contribution in [0.3, 0.4) is 0 Å². The van der Waals surface area contributed by atoms with Gasteiger partial charge in [-0.25, -0.2) is 0 Å². The van der Waals surface area contributed by atoms with Crippen LogP contribution in [0.25, 0.3) is 10.8 Å². The van der Waals surface area contributed by atoms with Crippen LogP contribution in [-0.2, 0) is 10.1 Å². The van der Waals surface area contributed by atoms with Gasteiger partial charge in [0.1, 0.15) is 10.6 Å². The molecule has 134 valence electrons. The third kappa shape index (κ3) is 6.91. The fraction of sp³-hybridized carbons (Fsp3) is 0.474. The first-order chi connectivity index (χ1) is 11.5. The summed E-state index contributed by atoms with van der Waals surface area (Å²) in [6.45, 7) is 2.65. The monoisotopic (exact) mass is 374 g/mol.